The van der Waals surface area contributed by atoms with E-state index in [-0.39, 0.29) is 0 Å². The molecule has 0 heterocycles. The normalized spacial score (nSPS) is 23.6. The third-order valence-corrected chi connectivity index (χ3v) is 4.08. The molecule has 1 aliphatic carbocycles. The summed E-state index contributed by atoms with van der Waals surface area (Å²) in [7, 11) is 0. The number of hydrogen-bond acceptors (Lipinski definition) is 2. The maximum absolute atomic E-state index is 10.5. The highest BCUT2D eigenvalue weighted by Crippen LogP contribution is 2.40. The van der Waals surface area contributed by atoms with E-state index in [1.807, 2.05) is 18.2 Å². The Kier molecular flexibility index (Phi) is 4.80. The Morgan fingerprint density at radius 2 is 1.94 bits per heavy atom. The molecular formula is C16H22O2. The van der Waals surface area contributed by atoms with Gasteiger partial charge in [0.1, 0.15) is 5.75 Å². The lowest BCUT2D eigenvalue weighted by molar-refractivity contribution is -0.120. The molecule has 0 bridgehead atoms. The van der Waals surface area contributed by atoms with E-state index in [0.717, 1.165) is 11.7 Å². The Balaban J connectivity index is 2.02. The molecule has 0 amide bonds. The summed E-state index contributed by atoms with van der Waals surface area (Å²) in [4.78, 5) is 10.5. The molecule has 1 saturated carbocycles. The molecular weight excluding hydrogens is 224 g/mol. The van der Waals surface area contributed by atoms with Crippen molar-refractivity contribution < 1.29 is 9.53 Å². The van der Waals surface area contributed by atoms with E-state index in [4.69, 9.17) is 4.74 Å². The van der Waals surface area contributed by atoms with Gasteiger partial charge in [0.2, 0.25) is 0 Å². The molecule has 0 N–H and O–H groups in total. The number of carbonyl (C=O) groups excluding carboxylic acids is 1. The summed E-state index contributed by atoms with van der Waals surface area (Å²) in [5.74, 6) is 2.21. The fraction of sp³-hybridized carbons (Fsp3) is 0.562. The first-order valence-electron chi connectivity index (χ1n) is 7.04. The average molecular weight is 246 g/mol. The van der Waals surface area contributed by atoms with Gasteiger partial charge in [-0.05, 0) is 49.1 Å². The SMILES string of the molecule is CCCC1CCC(c2ccccc2OC=O)CC1. The van der Waals surface area contributed by atoms with Crippen LogP contribution in [0.25, 0.3) is 0 Å². The third kappa shape index (κ3) is 3.12. The molecule has 2 heteroatoms. The van der Waals surface area contributed by atoms with E-state index in [2.05, 4.69) is 13.0 Å². The maximum Gasteiger partial charge on any atom is 0.298 e. The van der Waals surface area contributed by atoms with Gasteiger partial charge in [-0.1, -0.05) is 38.0 Å². The molecule has 2 rings (SSSR count). The Morgan fingerprint density at radius 3 is 2.61 bits per heavy atom. The van der Waals surface area contributed by atoms with Crippen molar-refractivity contribution in [3.8, 4) is 5.75 Å². The first kappa shape index (κ1) is 13.1. The second kappa shape index (κ2) is 6.58. The van der Waals surface area contributed by atoms with E-state index in [9.17, 15) is 4.79 Å². The van der Waals surface area contributed by atoms with E-state index in [0.29, 0.717) is 12.4 Å². The van der Waals surface area contributed by atoms with Crippen molar-refractivity contribution in [2.24, 2.45) is 5.92 Å². The number of benzene rings is 1. The Hall–Kier alpha value is -1.31. The molecule has 2 nitrogen and oxygen atoms in total. The number of hydrogen-bond donors (Lipinski definition) is 0. The number of para-hydroxylation sites is 1. The standard InChI is InChI=1S/C16H22O2/c1-2-5-13-8-10-14(11-9-13)15-6-3-4-7-16(15)18-12-17/h3-4,6-7,12-14H,2,5,8-11H2,1H3. The Morgan fingerprint density at radius 1 is 1.22 bits per heavy atom. The van der Waals surface area contributed by atoms with Crippen LogP contribution < -0.4 is 4.74 Å². The molecule has 1 aromatic carbocycles. The summed E-state index contributed by atoms with van der Waals surface area (Å²) in [6.45, 7) is 2.79. The maximum atomic E-state index is 10.5. The van der Waals surface area contributed by atoms with Crippen molar-refractivity contribution in [2.75, 3.05) is 0 Å². The van der Waals surface area contributed by atoms with E-state index < -0.39 is 0 Å². The fourth-order valence-corrected chi connectivity index (χ4v) is 3.15. The van der Waals surface area contributed by atoms with Gasteiger partial charge in [0.05, 0.1) is 0 Å². The van der Waals surface area contributed by atoms with Crippen LogP contribution in [0.4, 0.5) is 0 Å². The molecule has 0 spiro atoms. The van der Waals surface area contributed by atoms with Crippen LogP contribution in [-0.2, 0) is 4.79 Å². The van der Waals surface area contributed by atoms with E-state index in [1.165, 1.54) is 44.1 Å². The highest BCUT2D eigenvalue weighted by atomic mass is 16.5. The zero-order valence-corrected chi connectivity index (χ0v) is 11.1. The summed E-state index contributed by atoms with van der Waals surface area (Å²) in [6.07, 6.45) is 7.73. The van der Waals surface area contributed by atoms with Gasteiger partial charge < -0.3 is 4.74 Å². The minimum atomic E-state index is 0.529. The Bertz CT molecular complexity index is 378. The van der Waals surface area contributed by atoms with Crippen LogP contribution in [0.5, 0.6) is 5.75 Å². The van der Waals surface area contributed by atoms with Crippen molar-refractivity contribution in [1.82, 2.24) is 0 Å². The van der Waals surface area contributed by atoms with Gasteiger partial charge in [0, 0.05) is 0 Å². The van der Waals surface area contributed by atoms with Crippen LogP contribution in [0.1, 0.15) is 56.9 Å². The van der Waals surface area contributed by atoms with E-state index >= 15 is 0 Å². The lowest BCUT2D eigenvalue weighted by Crippen LogP contribution is -2.14. The number of carbonyl (C=O) groups is 1. The second-order valence-corrected chi connectivity index (χ2v) is 5.26. The van der Waals surface area contributed by atoms with Crippen LogP contribution >= 0.6 is 0 Å². The predicted octanol–water partition coefficient (Wildman–Crippen LogP) is 4.30. The van der Waals surface area contributed by atoms with Crippen molar-refractivity contribution in [3.05, 3.63) is 29.8 Å². The molecule has 0 aliphatic heterocycles. The van der Waals surface area contributed by atoms with Crippen LogP contribution in [0.15, 0.2) is 24.3 Å². The zero-order chi connectivity index (χ0) is 12.8. The summed E-state index contributed by atoms with van der Waals surface area (Å²) >= 11 is 0. The summed E-state index contributed by atoms with van der Waals surface area (Å²) < 4.78 is 5.08. The summed E-state index contributed by atoms with van der Waals surface area (Å²) in [6, 6.07) is 7.95. The van der Waals surface area contributed by atoms with Gasteiger partial charge in [0.25, 0.3) is 6.47 Å². The fourth-order valence-electron chi connectivity index (χ4n) is 3.15. The van der Waals surface area contributed by atoms with Gasteiger partial charge in [-0.25, -0.2) is 0 Å². The second-order valence-electron chi connectivity index (χ2n) is 5.26. The minimum absolute atomic E-state index is 0.529. The van der Waals surface area contributed by atoms with Crippen LogP contribution in [0.3, 0.4) is 0 Å². The average Bonchev–Trinajstić information content (AvgIpc) is 2.41. The smallest absolute Gasteiger partial charge is 0.298 e. The van der Waals surface area contributed by atoms with E-state index in [1.54, 1.807) is 0 Å². The number of ether oxygens (including phenoxy) is 1. The number of rotatable bonds is 5. The van der Waals surface area contributed by atoms with Crippen LogP contribution in [0.2, 0.25) is 0 Å². The molecule has 1 fully saturated rings. The van der Waals surface area contributed by atoms with Crippen molar-refractivity contribution in [1.29, 1.82) is 0 Å². The highest BCUT2D eigenvalue weighted by Gasteiger charge is 2.23. The van der Waals surface area contributed by atoms with Crippen molar-refractivity contribution in [3.63, 3.8) is 0 Å². The molecule has 0 atom stereocenters. The summed E-state index contributed by atoms with van der Waals surface area (Å²) in [5, 5.41) is 0. The quantitative estimate of drug-likeness (QED) is 0.724. The largest absolute Gasteiger partial charge is 0.428 e. The highest BCUT2D eigenvalue weighted by molar-refractivity contribution is 5.48. The van der Waals surface area contributed by atoms with Crippen LogP contribution in [-0.4, -0.2) is 6.47 Å². The lowest BCUT2D eigenvalue weighted by Gasteiger charge is -2.29. The molecule has 1 aliphatic rings. The first-order chi connectivity index (χ1) is 8.85. The minimum Gasteiger partial charge on any atom is -0.428 e. The third-order valence-electron chi connectivity index (χ3n) is 4.08. The monoisotopic (exact) mass is 246 g/mol. The van der Waals surface area contributed by atoms with Crippen molar-refractivity contribution in [2.45, 2.75) is 51.4 Å². The van der Waals surface area contributed by atoms with Crippen LogP contribution in [0, 0.1) is 5.92 Å². The predicted molar refractivity (Wildman–Crippen MR) is 72.7 cm³/mol. The van der Waals surface area contributed by atoms with Gasteiger partial charge in [-0.3, -0.25) is 4.79 Å². The molecule has 98 valence electrons. The van der Waals surface area contributed by atoms with Crippen molar-refractivity contribution >= 4 is 6.47 Å². The van der Waals surface area contributed by atoms with Gasteiger partial charge in [0.15, 0.2) is 0 Å². The topological polar surface area (TPSA) is 26.3 Å². The molecule has 18 heavy (non-hydrogen) atoms. The van der Waals surface area contributed by atoms with Gasteiger partial charge in [-0.15, -0.1) is 0 Å². The lowest BCUT2D eigenvalue weighted by atomic mass is 9.77. The molecule has 0 aromatic heterocycles. The summed E-state index contributed by atoms with van der Waals surface area (Å²) in [5.41, 5.74) is 1.21. The van der Waals surface area contributed by atoms with Gasteiger partial charge >= 0.3 is 0 Å². The molecule has 0 unspecified atom stereocenters. The molecule has 0 saturated heterocycles. The first-order valence-corrected chi connectivity index (χ1v) is 7.04. The molecule has 1 aromatic rings. The van der Waals surface area contributed by atoms with Gasteiger partial charge in [-0.2, -0.15) is 0 Å². The Labute approximate surface area is 109 Å². The molecule has 0 radical (unpaired) electrons. The zero-order valence-electron chi connectivity index (χ0n) is 11.1.